The molecule has 0 saturated carbocycles. The van der Waals surface area contributed by atoms with E-state index in [4.69, 9.17) is 0 Å². The third kappa shape index (κ3) is 2.74. The van der Waals surface area contributed by atoms with Gasteiger partial charge in [0, 0.05) is 18.7 Å². The highest BCUT2D eigenvalue weighted by molar-refractivity contribution is 7.89. The van der Waals surface area contributed by atoms with Crippen molar-refractivity contribution in [3.8, 4) is 11.4 Å². The van der Waals surface area contributed by atoms with Crippen molar-refractivity contribution in [1.82, 2.24) is 14.3 Å². The van der Waals surface area contributed by atoms with Crippen molar-refractivity contribution in [3.05, 3.63) is 83.9 Å². The minimum Gasteiger partial charge on any atom is -0.338 e. The largest absolute Gasteiger partial charge is 0.338 e. The Hall–Kier alpha value is -2.96. The molecule has 0 aliphatic carbocycles. The molecule has 5 nitrogen and oxygen atoms in total. The maximum atomic E-state index is 13.0. The second-order valence-electron chi connectivity index (χ2n) is 6.67. The van der Waals surface area contributed by atoms with E-state index in [2.05, 4.69) is 9.97 Å². The summed E-state index contributed by atoms with van der Waals surface area (Å²) in [5.41, 5.74) is 4.84. The summed E-state index contributed by atoms with van der Waals surface area (Å²) in [6.07, 6.45) is 0. The fraction of sp³-hybridized carbons (Fsp3) is 0.0952. The average molecular weight is 375 g/mol. The van der Waals surface area contributed by atoms with Crippen LogP contribution in [0.15, 0.2) is 77.7 Å². The molecule has 5 rings (SSSR count). The van der Waals surface area contributed by atoms with Crippen LogP contribution in [-0.2, 0) is 23.1 Å². The zero-order chi connectivity index (χ0) is 18.4. The molecule has 3 aromatic carbocycles. The molecule has 4 aromatic rings. The van der Waals surface area contributed by atoms with Crippen molar-refractivity contribution in [3.63, 3.8) is 0 Å². The lowest BCUT2D eigenvalue weighted by Crippen LogP contribution is -2.25. The molecule has 0 bridgehead atoms. The van der Waals surface area contributed by atoms with Crippen molar-refractivity contribution in [1.29, 1.82) is 0 Å². The second-order valence-corrected chi connectivity index (χ2v) is 8.61. The van der Waals surface area contributed by atoms with Crippen LogP contribution in [0, 0.1) is 0 Å². The first-order valence-electron chi connectivity index (χ1n) is 8.73. The summed E-state index contributed by atoms with van der Waals surface area (Å²) in [5.74, 6) is 0.730. The van der Waals surface area contributed by atoms with Crippen LogP contribution in [0.5, 0.6) is 0 Å². The molecule has 0 unspecified atom stereocenters. The second kappa shape index (κ2) is 6.04. The van der Waals surface area contributed by atoms with Crippen LogP contribution in [0.2, 0.25) is 0 Å². The molecule has 1 aliphatic heterocycles. The van der Waals surface area contributed by atoms with E-state index in [-0.39, 0.29) is 0 Å². The Morgan fingerprint density at radius 2 is 1.44 bits per heavy atom. The summed E-state index contributed by atoms with van der Waals surface area (Å²) in [7, 11) is -3.53. The molecule has 1 N–H and O–H groups in total. The number of para-hydroxylation sites is 2. The minimum atomic E-state index is -3.53. The predicted octanol–water partition coefficient (Wildman–Crippen LogP) is 3.93. The molecule has 1 aromatic heterocycles. The van der Waals surface area contributed by atoms with Gasteiger partial charge in [-0.05, 0) is 47.5 Å². The number of nitrogens with zero attached hydrogens (tertiary/aromatic N) is 2. The fourth-order valence-corrected chi connectivity index (χ4v) is 4.89. The van der Waals surface area contributed by atoms with Gasteiger partial charge in [0.25, 0.3) is 0 Å². The van der Waals surface area contributed by atoms with Gasteiger partial charge in [0.15, 0.2) is 0 Å². The summed E-state index contributed by atoms with van der Waals surface area (Å²) in [6.45, 7) is 0.841. The first kappa shape index (κ1) is 16.2. The number of hydrogen-bond donors (Lipinski definition) is 1. The number of H-pyrrole nitrogens is 1. The highest BCUT2D eigenvalue weighted by atomic mass is 32.2. The van der Waals surface area contributed by atoms with Gasteiger partial charge in [0.1, 0.15) is 5.82 Å². The summed E-state index contributed by atoms with van der Waals surface area (Å²) < 4.78 is 27.5. The van der Waals surface area contributed by atoms with Crippen LogP contribution < -0.4 is 0 Å². The number of nitrogens with one attached hydrogen (secondary N) is 1. The van der Waals surface area contributed by atoms with Gasteiger partial charge < -0.3 is 4.98 Å². The molecule has 0 amide bonds. The van der Waals surface area contributed by atoms with Gasteiger partial charge in [-0.25, -0.2) is 13.4 Å². The quantitative estimate of drug-likeness (QED) is 0.590. The molecule has 0 radical (unpaired) electrons. The smallest absolute Gasteiger partial charge is 0.243 e. The van der Waals surface area contributed by atoms with E-state index in [1.807, 2.05) is 48.5 Å². The van der Waals surface area contributed by atoms with Gasteiger partial charge in [-0.3, -0.25) is 0 Å². The van der Waals surface area contributed by atoms with E-state index in [9.17, 15) is 8.42 Å². The van der Waals surface area contributed by atoms with E-state index in [1.54, 1.807) is 24.3 Å². The topological polar surface area (TPSA) is 66.1 Å². The number of aromatic amines is 1. The molecule has 0 fully saturated rings. The van der Waals surface area contributed by atoms with Crippen LogP contribution in [0.4, 0.5) is 0 Å². The van der Waals surface area contributed by atoms with Crippen LogP contribution in [0.25, 0.3) is 22.4 Å². The van der Waals surface area contributed by atoms with Crippen LogP contribution >= 0.6 is 0 Å². The summed E-state index contributed by atoms with van der Waals surface area (Å²) in [6, 6.07) is 22.6. The first-order chi connectivity index (χ1) is 13.1. The third-order valence-electron chi connectivity index (χ3n) is 4.97. The molecule has 1 aliphatic rings. The van der Waals surface area contributed by atoms with Gasteiger partial charge in [0.2, 0.25) is 10.0 Å². The molecule has 0 saturated heterocycles. The number of rotatable bonds is 3. The Bertz CT molecular complexity index is 1190. The van der Waals surface area contributed by atoms with E-state index in [1.165, 1.54) is 4.31 Å². The van der Waals surface area contributed by atoms with Crippen molar-refractivity contribution in [2.24, 2.45) is 0 Å². The molecule has 27 heavy (non-hydrogen) atoms. The molecular weight excluding hydrogens is 358 g/mol. The van der Waals surface area contributed by atoms with Crippen LogP contribution in [-0.4, -0.2) is 22.7 Å². The SMILES string of the molecule is O=S(=O)(c1ccc(-c2nc3ccccc3[nH]2)cc1)N1Cc2ccccc2C1. The lowest BCUT2D eigenvalue weighted by Gasteiger charge is -2.15. The zero-order valence-corrected chi connectivity index (χ0v) is 15.3. The summed E-state index contributed by atoms with van der Waals surface area (Å²) in [5, 5.41) is 0. The monoisotopic (exact) mass is 375 g/mol. The normalized spacial score (nSPS) is 14.5. The molecule has 0 atom stereocenters. The Morgan fingerprint density at radius 1 is 0.815 bits per heavy atom. The van der Waals surface area contributed by atoms with Crippen molar-refractivity contribution in [2.75, 3.05) is 0 Å². The van der Waals surface area contributed by atoms with E-state index >= 15 is 0 Å². The summed E-state index contributed by atoms with van der Waals surface area (Å²) in [4.78, 5) is 8.13. The van der Waals surface area contributed by atoms with Gasteiger partial charge >= 0.3 is 0 Å². The number of aromatic nitrogens is 2. The summed E-state index contributed by atoms with van der Waals surface area (Å²) >= 11 is 0. The fourth-order valence-electron chi connectivity index (χ4n) is 3.50. The van der Waals surface area contributed by atoms with E-state index < -0.39 is 10.0 Å². The Kier molecular flexibility index (Phi) is 3.63. The Labute approximate surface area is 157 Å². The highest BCUT2D eigenvalue weighted by Gasteiger charge is 2.30. The highest BCUT2D eigenvalue weighted by Crippen LogP contribution is 2.29. The van der Waals surface area contributed by atoms with Crippen LogP contribution in [0.1, 0.15) is 11.1 Å². The van der Waals surface area contributed by atoms with Gasteiger partial charge in [-0.2, -0.15) is 4.31 Å². The molecule has 134 valence electrons. The number of sulfonamides is 1. The van der Waals surface area contributed by atoms with Crippen molar-refractivity contribution >= 4 is 21.1 Å². The zero-order valence-electron chi connectivity index (χ0n) is 14.5. The lowest BCUT2D eigenvalue weighted by atomic mass is 10.1. The molecule has 2 heterocycles. The van der Waals surface area contributed by atoms with Crippen molar-refractivity contribution < 1.29 is 8.42 Å². The van der Waals surface area contributed by atoms with Gasteiger partial charge in [0.05, 0.1) is 15.9 Å². The molecular formula is C21H17N3O2S. The minimum absolute atomic E-state index is 0.301. The number of fused-ring (bicyclic) bond motifs is 2. The van der Waals surface area contributed by atoms with Gasteiger partial charge in [-0.1, -0.05) is 36.4 Å². The number of benzene rings is 3. The first-order valence-corrected chi connectivity index (χ1v) is 10.2. The standard InChI is InChI=1S/C21H17N3O2S/c25-27(26,24-13-16-5-1-2-6-17(16)14-24)18-11-9-15(10-12-18)21-22-19-7-3-4-8-20(19)23-21/h1-12H,13-14H2,(H,22,23). The molecule has 6 heteroatoms. The Balaban J connectivity index is 1.44. The van der Waals surface area contributed by atoms with E-state index in [0.29, 0.717) is 18.0 Å². The number of imidazole rings is 1. The van der Waals surface area contributed by atoms with Gasteiger partial charge in [-0.15, -0.1) is 0 Å². The molecule has 0 spiro atoms. The van der Waals surface area contributed by atoms with E-state index in [0.717, 1.165) is 33.5 Å². The van der Waals surface area contributed by atoms with Crippen LogP contribution in [0.3, 0.4) is 0 Å². The Morgan fingerprint density at radius 3 is 2.11 bits per heavy atom. The maximum absolute atomic E-state index is 13.0. The number of hydrogen-bond acceptors (Lipinski definition) is 3. The third-order valence-corrected chi connectivity index (χ3v) is 6.77. The van der Waals surface area contributed by atoms with Crippen molar-refractivity contribution in [2.45, 2.75) is 18.0 Å². The average Bonchev–Trinajstić information content (AvgIpc) is 3.32. The predicted molar refractivity (Wildman–Crippen MR) is 104 cm³/mol. The lowest BCUT2D eigenvalue weighted by molar-refractivity contribution is 0.431. The maximum Gasteiger partial charge on any atom is 0.243 e.